The van der Waals surface area contributed by atoms with Crippen molar-refractivity contribution in [3.8, 4) is 0 Å². The zero-order chi connectivity index (χ0) is 15.7. The van der Waals surface area contributed by atoms with Crippen LogP contribution >= 0.6 is 0 Å². The molecule has 2 N–H and O–H groups in total. The molecule has 21 heavy (non-hydrogen) atoms. The van der Waals surface area contributed by atoms with E-state index in [9.17, 15) is 18.4 Å². The number of alkyl halides is 2. The average Bonchev–Trinajstić information content (AvgIpc) is 2.44. The summed E-state index contributed by atoms with van der Waals surface area (Å²) in [6, 6.07) is 8.52. The van der Waals surface area contributed by atoms with Crippen molar-refractivity contribution in [2.75, 3.05) is 19.8 Å². The first-order chi connectivity index (χ1) is 10.0. The largest absolute Gasteiger partial charge is 0.481 e. The van der Waals surface area contributed by atoms with Gasteiger partial charge in [0.2, 0.25) is 5.91 Å². The highest BCUT2D eigenvalue weighted by Crippen LogP contribution is 2.14. The zero-order valence-corrected chi connectivity index (χ0v) is 11.3. The first kappa shape index (κ1) is 17.0. The summed E-state index contributed by atoms with van der Waals surface area (Å²) in [6.45, 7) is -0.901. The Labute approximate surface area is 120 Å². The van der Waals surface area contributed by atoms with E-state index in [0.29, 0.717) is 5.56 Å². The van der Waals surface area contributed by atoms with Gasteiger partial charge in [0.15, 0.2) is 0 Å². The molecule has 0 aliphatic rings. The molecule has 1 aromatic rings. The molecule has 0 saturated carbocycles. The Morgan fingerprint density at radius 1 is 1.24 bits per heavy atom. The van der Waals surface area contributed by atoms with Gasteiger partial charge < -0.3 is 15.2 Å². The third kappa shape index (κ3) is 6.80. The topological polar surface area (TPSA) is 75.6 Å². The lowest BCUT2D eigenvalue weighted by Gasteiger charge is -2.13. The van der Waals surface area contributed by atoms with Crippen LogP contribution in [0.4, 0.5) is 8.78 Å². The number of ether oxygens (including phenoxy) is 1. The lowest BCUT2D eigenvalue weighted by atomic mass is 9.99. The van der Waals surface area contributed by atoms with Crippen molar-refractivity contribution in [1.82, 2.24) is 5.32 Å². The van der Waals surface area contributed by atoms with E-state index in [1.807, 2.05) is 0 Å². The molecular formula is C14H17F2NO4. The number of amides is 1. The first-order valence-corrected chi connectivity index (χ1v) is 6.41. The van der Waals surface area contributed by atoms with Crippen LogP contribution in [0.3, 0.4) is 0 Å². The molecule has 1 aromatic carbocycles. The number of carboxylic acids is 1. The van der Waals surface area contributed by atoms with Crippen molar-refractivity contribution in [3.63, 3.8) is 0 Å². The van der Waals surface area contributed by atoms with Crippen molar-refractivity contribution in [2.24, 2.45) is 0 Å². The minimum atomic E-state index is -2.57. The highest BCUT2D eigenvalue weighted by Gasteiger charge is 2.20. The molecular weight excluding hydrogens is 284 g/mol. The van der Waals surface area contributed by atoms with Gasteiger partial charge in [0, 0.05) is 13.0 Å². The summed E-state index contributed by atoms with van der Waals surface area (Å²) < 4.78 is 28.2. The van der Waals surface area contributed by atoms with Crippen LogP contribution in [0.5, 0.6) is 0 Å². The van der Waals surface area contributed by atoms with Gasteiger partial charge in [0.1, 0.15) is 6.61 Å². The molecule has 0 bridgehead atoms. The fraction of sp³-hybridized carbons (Fsp3) is 0.429. The smallest absolute Gasteiger partial charge is 0.312 e. The van der Waals surface area contributed by atoms with Gasteiger partial charge in [-0.2, -0.15) is 0 Å². The SMILES string of the molecule is O=C(CCOCC(F)F)NCC(C(=O)O)c1ccccc1. The molecule has 1 unspecified atom stereocenters. The lowest BCUT2D eigenvalue weighted by molar-refractivity contribution is -0.138. The van der Waals surface area contributed by atoms with Gasteiger partial charge in [0.25, 0.3) is 6.43 Å². The molecule has 0 aliphatic carbocycles. The Hall–Kier alpha value is -2.02. The minimum absolute atomic E-state index is 0.0625. The van der Waals surface area contributed by atoms with Gasteiger partial charge in [-0.3, -0.25) is 9.59 Å². The van der Waals surface area contributed by atoms with Crippen molar-refractivity contribution >= 4 is 11.9 Å². The van der Waals surface area contributed by atoms with E-state index in [1.165, 1.54) is 0 Å². The molecule has 0 fully saturated rings. The maximum Gasteiger partial charge on any atom is 0.312 e. The highest BCUT2D eigenvalue weighted by molar-refractivity contribution is 5.79. The Balaban J connectivity index is 2.37. The zero-order valence-electron chi connectivity index (χ0n) is 11.3. The number of carboxylic acid groups (broad SMARTS) is 1. The van der Waals surface area contributed by atoms with Crippen LogP contribution in [0.1, 0.15) is 17.9 Å². The average molecular weight is 301 g/mol. The maximum atomic E-state index is 11.8. The van der Waals surface area contributed by atoms with Gasteiger partial charge in [-0.25, -0.2) is 8.78 Å². The lowest BCUT2D eigenvalue weighted by Crippen LogP contribution is -2.32. The summed E-state index contributed by atoms with van der Waals surface area (Å²) in [5, 5.41) is 11.6. The van der Waals surface area contributed by atoms with Crippen molar-refractivity contribution < 1.29 is 28.2 Å². The monoisotopic (exact) mass is 301 g/mol. The van der Waals surface area contributed by atoms with E-state index in [4.69, 9.17) is 5.11 Å². The summed E-state index contributed by atoms with van der Waals surface area (Å²) in [7, 11) is 0. The maximum absolute atomic E-state index is 11.8. The van der Waals surface area contributed by atoms with E-state index in [0.717, 1.165) is 0 Å². The summed E-state index contributed by atoms with van der Waals surface area (Å²) in [5.74, 6) is -2.33. The van der Waals surface area contributed by atoms with Crippen molar-refractivity contribution in [1.29, 1.82) is 0 Å². The number of hydrogen-bond acceptors (Lipinski definition) is 3. The Morgan fingerprint density at radius 3 is 2.48 bits per heavy atom. The number of carbonyl (C=O) groups is 2. The van der Waals surface area contributed by atoms with Crippen LogP contribution in [-0.4, -0.2) is 43.2 Å². The van der Waals surface area contributed by atoms with Gasteiger partial charge in [0.05, 0.1) is 12.5 Å². The summed E-state index contributed by atoms with van der Waals surface area (Å²) in [6.07, 6.45) is -2.66. The number of rotatable bonds is 9. The number of nitrogens with one attached hydrogen (secondary N) is 1. The van der Waals surface area contributed by atoms with Crippen LogP contribution < -0.4 is 5.32 Å². The van der Waals surface area contributed by atoms with Gasteiger partial charge >= 0.3 is 5.97 Å². The van der Waals surface area contributed by atoms with Gasteiger partial charge in [-0.05, 0) is 5.56 Å². The molecule has 0 saturated heterocycles. The van der Waals surface area contributed by atoms with E-state index >= 15 is 0 Å². The summed E-state index contributed by atoms with van der Waals surface area (Å²) in [4.78, 5) is 22.7. The summed E-state index contributed by atoms with van der Waals surface area (Å²) >= 11 is 0. The fourth-order valence-electron chi connectivity index (χ4n) is 1.67. The second-order valence-electron chi connectivity index (χ2n) is 4.32. The van der Waals surface area contributed by atoms with Crippen LogP contribution in [0.25, 0.3) is 0 Å². The number of halogens is 2. The Morgan fingerprint density at radius 2 is 1.90 bits per heavy atom. The Bertz CT molecular complexity index is 454. The first-order valence-electron chi connectivity index (χ1n) is 6.41. The highest BCUT2D eigenvalue weighted by atomic mass is 19.3. The summed E-state index contributed by atoms with van der Waals surface area (Å²) in [5.41, 5.74) is 0.583. The van der Waals surface area contributed by atoms with E-state index < -0.39 is 30.8 Å². The third-order valence-electron chi connectivity index (χ3n) is 2.72. The number of hydrogen-bond donors (Lipinski definition) is 2. The molecule has 0 spiro atoms. The Kier molecular flexibility index (Phi) is 7.31. The quantitative estimate of drug-likeness (QED) is 0.680. The standard InChI is InChI=1S/C14H17F2NO4/c15-12(16)9-21-7-6-13(18)17-8-11(14(19)20)10-4-2-1-3-5-10/h1-5,11-12H,6-9H2,(H,17,18)(H,19,20). The molecule has 0 aromatic heterocycles. The second kappa shape index (κ2) is 9.02. The van der Waals surface area contributed by atoms with Crippen LogP contribution in [0.2, 0.25) is 0 Å². The molecule has 1 rings (SSSR count). The number of aliphatic carboxylic acids is 1. The molecule has 5 nitrogen and oxygen atoms in total. The van der Waals surface area contributed by atoms with Crippen molar-refractivity contribution in [3.05, 3.63) is 35.9 Å². The van der Waals surface area contributed by atoms with E-state index in [-0.39, 0.29) is 19.6 Å². The molecule has 116 valence electrons. The van der Waals surface area contributed by atoms with Crippen molar-refractivity contribution in [2.45, 2.75) is 18.8 Å². The molecule has 0 radical (unpaired) electrons. The molecule has 0 heterocycles. The molecule has 0 aliphatic heterocycles. The third-order valence-corrected chi connectivity index (χ3v) is 2.72. The number of benzene rings is 1. The van der Waals surface area contributed by atoms with Gasteiger partial charge in [-0.1, -0.05) is 30.3 Å². The second-order valence-corrected chi connectivity index (χ2v) is 4.32. The molecule has 1 amide bonds. The fourth-order valence-corrected chi connectivity index (χ4v) is 1.67. The van der Waals surface area contributed by atoms with E-state index in [1.54, 1.807) is 30.3 Å². The molecule has 7 heteroatoms. The van der Waals surface area contributed by atoms with Crippen LogP contribution in [0.15, 0.2) is 30.3 Å². The predicted molar refractivity (Wildman–Crippen MR) is 71.3 cm³/mol. The number of carbonyl (C=O) groups excluding carboxylic acids is 1. The van der Waals surface area contributed by atoms with Gasteiger partial charge in [-0.15, -0.1) is 0 Å². The minimum Gasteiger partial charge on any atom is -0.481 e. The predicted octanol–water partition coefficient (Wildman–Crippen LogP) is 1.64. The van der Waals surface area contributed by atoms with Crippen LogP contribution in [0, 0.1) is 0 Å². The normalized spacial score (nSPS) is 12.1. The molecule has 1 atom stereocenters. The van der Waals surface area contributed by atoms with Crippen LogP contribution in [-0.2, 0) is 14.3 Å². The van der Waals surface area contributed by atoms with E-state index in [2.05, 4.69) is 10.1 Å².